The van der Waals surface area contributed by atoms with Crippen LogP contribution < -0.4 is 0 Å². The number of aliphatic carboxylic acids is 1. The van der Waals surface area contributed by atoms with E-state index in [9.17, 15) is 18.0 Å². The second kappa shape index (κ2) is 6.02. The molecule has 2 atom stereocenters. The fourth-order valence-corrected chi connectivity index (χ4v) is 2.40. The van der Waals surface area contributed by atoms with Gasteiger partial charge in [0.1, 0.15) is 12.6 Å². The highest BCUT2D eigenvalue weighted by molar-refractivity contribution is 7.86. The summed E-state index contributed by atoms with van der Waals surface area (Å²) in [6.45, 7) is 3.15. The van der Waals surface area contributed by atoms with E-state index in [1.165, 1.54) is 6.08 Å². The van der Waals surface area contributed by atoms with Gasteiger partial charge < -0.3 is 9.84 Å². The molecule has 1 amide bonds. The smallest absolute Gasteiger partial charge is 0.410 e. The summed E-state index contributed by atoms with van der Waals surface area (Å²) in [6, 6.07) is -1.16. The largest absolute Gasteiger partial charge is 0.480 e. The molecule has 1 N–H and O–H groups in total. The Hall–Kier alpha value is -1.61. The van der Waals surface area contributed by atoms with Crippen molar-refractivity contribution in [1.82, 2.24) is 4.90 Å². The summed E-state index contributed by atoms with van der Waals surface area (Å²) in [7, 11) is -3.71. The lowest BCUT2D eigenvalue weighted by molar-refractivity contribution is -0.141. The summed E-state index contributed by atoms with van der Waals surface area (Å²) in [5.41, 5.74) is 0. The Balaban J connectivity index is 2.76. The second-order valence-corrected chi connectivity index (χ2v) is 5.63. The summed E-state index contributed by atoms with van der Waals surface area (Å²) < 4.78 is 31.4. The predicted molar refractivity (Wildman–Crippen MR) is 64.0 cm³/mol. The SMILES string of the molecule is C=CCOC(=O)N1C[C@H](OS(C)(=O)=O)C[C@H]1C(=O)O. The summed E-state index contributed by atoms with van der Waals surface area (Å²) >= 11 is 0. The molecule has 1 aliphatic rings. The van der Waals surface area contributed by atoms with Crippen LogP contribution in [-0.2, 0) is 23.8 Å². The van der Waals surface area contributed by atoms with Gasteiger partial charge in [-0.05, 0) is 0 Å². The maximum absolute atomic E-state index is 11.6. The van der Waals surface area contributed by atoms with Gasteiger partial charge in [0, 0.05) is 6.42 Å². The van der Waals surface area contributed by atoms with Crippen molar-refractivity contribution in [3.63, 3.8) is 0 Å². The molecule has 0 radical (unpaired) electrons. The van der Waals surface area contributed by atoms with Crippen molar-refractivity contribution >= 4 is 22.2 Å². The van der Waals surface area contributed by atoms with Crippen molar-refractivity contribution in [1.29, 1.82) is 0 Å². The first-order valence-electron chi connectivity index (χ1n) is 5.40. The van der Waals surface area contributed by atoms with Gasteiger partial charge in [-0.25, -0.2) is 9.59 Å². The highest BCUT2D eigenvalue weighted by Crippen LogP contribution is 2.22. The van der Waals surface area contributed by atoms with Crippen molar-refractivity contribution in [2.75, 3.05) is 19.4 Å². The zero-order valence-electron chi connectivity index (χ0n) is 10.3. The van der Waals surface area contributed by atoms with E-state index in [0.29, 0.717) is 0 Å². The Labute approximate surface area is 110 Å². The number of amides is 1. The summed E-state index contributed by atoms with van der Waals surface area (Å²) in [5.74, 6) is -1.24. The Bertz CT molecular complexity index is 472. The summed E-state index contributed by atoms with van der Waals surface area (Å²) in [6.07, 6.45) is 0.376. The van der Waals surface area contributed by atoms with E-state index in [4.69, 9.17) is 14.0 Å². The first-order valence-corrected chi connectivity index (χ1v) is 7.21. The maximum Gasteiger partial charge on any atom is 0.410 e. The number of ether oxygens (including phenoxy) is 1. The van der Waals surface area contributed by atoms with Crippen LogP contribution in [0.3, 0.4) is 0 Å². The van der Waals surface area contributed by atoms with Crippen LogP contribution in [0, 0.1) is 0 Å². The van der Waals surface area contributed by atoms with E-state index in [-0.39, 0.29) is 19.6 Å². The zero-order chi connectivity index (χ0) is 14.6. The first-order chi connectivity index (χ1) is 8.74. The first kappa shape index (κ1) is 15.4. The van der Waals surface area contributed by atoms with Crippen LogP contribution in [0.2, 0.25) is 0 Å². The van der Waals surface area contributed by atoms with E-state index in [1.807, 2.05) is 0 Å². The number of carbonyl (C=O) groups excluding carboxylic acids is 1. The molecule has 1 heterocycles. The van der Waals surface area contributed by atoms with Gasteiger partial charge in [0.15, 0.2) is 0 Å². The molecule has 0 unspecified atom stereocenters. The molecule has 0 aliphatic carbocycles. The number of carboxylic acids is 1. The Kier molecular flexibility index (Phi) is 4.90. The molecule has 108 valence electrons. The minimum absolute atomic E-state index is 0.0563. The molecule has 19 heavy (non-hydrogen) atoms. The number of carboxylic acid groups (broad SMARTS) is 1. The van der Waals surface area contributed by atoms with Gasteiger partial charge in [-0.3, -0.25) is 9.08 Å². The van der Waals surface area contributed by atoms with E-state index >= 15 is 0 Å². The number of likely N-dealkylation sites (tertiary alicyclic amines) is 1. The second-order valence-electron chi connectivity index (χ2n) is 4.03. The van der Waals surface area contributed by atoms with Crippen LogP contribution in [-0.4, -0.2) is 62.0 Å². The van der Waals surface area contributed by atoms with Crippen molar-refractivity contribution < 1.29 is 32.0 Å². The lowest BCUT2D eigenvalue weighted by Gasteiger charge is -2.19. The van der Waals surface area contributed by atoms with Gasteiger partial charge in [-0.15, -0.1) is 0 Å². The standard InChI is InChI=1S/C10H15NO7S/c1-3-4-17-10(14)11-6-7(18-19(2,15)16)5-8(11)9(12)13/h3,7-8H,1,4-6H2,2H3,(H,12,13)/t7-,8+/m1/s1. The van der Waals surface area contributed by atoms with Gasteiger partial charge in [0.05, 0.1) is 18.9 Å². The molecule has 0 aromatic rings. The van der Waals surface area contributed by atoms with Crippen LogP contribution in [0.1, 0.15) is 6.42 Å². The molecule has 9 heteroatoms. The molecule has 1 saturated heterocycles. The minimum Gasteiger partial charge on any atom is -0.480 e. The van der Waals surface area contributed by atoms with Crippen molar-refractivity contribution in [2.45, 2.75) is 18.6 Å². The molecule has 0 spiro atoms. The van der Waals surface area contributed by atoms with Crippen molar-refractivity contribution in [3.8, 4) is 0 Å². The fraction of sp³-hybridized carbons (Fsp3) is 0.600. The highest BCUT2D eigenvalue weighted by Gasteiger charge is 2.42. The normalized spacial score (nSPS) is 23.1. The van der Waals surface area contributed by atoms with Gasteiger partial charge >= 0.3 is 12.1 Å². The molecular formula is C10H15NO7S. The number of nitrogens with zero attached hydrogens (tertiary/aromatic N) is 1. The monoisotopic (exact) mass is 293 g/mol. The minimum atomic E-state index is -3.71. The summed E-state index contributed by atoms with van der Waals surface area (Å²) in [5, 5.41) is 9.00. The van der Waals surface area contributed by atoms with Gasteiger partial charge in [-0.2, -0.15) is 8.42 Å². The van der Waals surface area contributed by atoms with E-state index in [1.54, 1.807) is 0 Å². The number of hydrogen-bond donors (Lipinski definition) is 1. The number of carbonyl (C=O) groups is 2. The molecule has 0 saturated carbocycles. The highest BCUT2D eigenvalue weighted by atomic mass is 32.2. The molecular weight excluding hydrogens is 278 g/mol. The molecule has 8 nitrogen and oxygen atoms in total. The molecule has 1 aliphatic heterocycles. The Morgan fingerprint density at radius 1 is 1.53 bits per heavy atom. The lowest BCUT2D eigenvalue weighted by Crippen LogP contribution is -2.41. The third-order valence-corrected chi connectivity index (χ3v) is 3.04. The molecule has 0 bridgehead atoms. The van der Waals surface area contributed by atoms with Crippen molar-refractivity contribution in [2.24, 2.45) is 0 Å². The fourth-order valence-electron chi connectivity index (χ4n) is 1.76. The van der Waals surface area contributed by atoms with Crippen LogP contribution in [0.5, 0.6) is 0 Å². The average Bonchev–Trinajstić information content (AvgIpc) is 2.67. The Morgan fingerprint density at radius 2 is 2.16 bits per heavy atom. The van der Waals surface area contributed by atoms with Gasteiger partial charge in [0.25, 0.3) is 10.1 Å². The zero-order valence-corrected chi connectivity index (χ0v) is 11.1. The summed E-state index contributed by atoms with van der Waals surface area (Å²) in [4.78, 5) is 23.6. The molecule has 0 aromatic carbocycles. The number of rotatable bonds is 5. The molecule has 0 aromatic heterocycles. The van der Waals surface area contributed by atoms with E-state index < -0.39 is 34.3 Å². The predicted octanol–water partition coefficient (Wildman–Crippen LogP) is -0.187. The van der Waals surface area contributed by atoms with Gasteiger partial charge in [0.2, 0.25) is 0 Å². The van der Waals surface area contributed by atoms with Gasteiger partial charge in [-0.1, -0.05) is 12.7 Å². The van der Waals surface area contributed by atoms with Crippen LogP contribution in [0.25, 0.3) is 0 Å². The number of hydrogen-bond acceptors (Lipinski definition) is 6. The molecule has 1 fully saturated rings. The van der Waals surface area contributed by atoms with E-state index in [0.717, 1.165) is 11.2 Å². The average molecular weight is 293 g/mol. The topological polar surface area (TPSA) is 110 Å². The quantitative estimate of drug-likeness (QED) is 0.552. The van der Waals surface area contributed by atoms with Crippen LogP contribution in [0.4, 0.5) is 4.79 Å². The third-order valence-electron chi connectivity index (χ3n) is 2.42. The third kappa shape index (κ3) is 4.52. The molecule has 1 rings (SSSR count). The van der Waals surface area contributed by atoms with Crippen molar-refractivity contribution in [3.05, 3.63) is 12.7 Å². The Morgan fingerprint density at radius 3 is 2.63 bits per heavy atom. The van der Waals surface area contributed by atoms with E-state index in [2.05, 4.69) is 6.58 Å². The maximum atomic E-state index is 11.6. The van der Waals surface area contributed by atoms with Crippen LogP contribution >= 0.6 is 0 Å². The lowest BCUT2D eigenvalue weighted by atomic mass is 10.2. The van der Waals surface area contributed by atoms with Crippen LogP contribution in [0.15, 0.2) is 12.7 Å².